The first kappa shape index (κ1) is 15.2. The number of aromatic nitrogens is 2. The lowest BCUT2D eigenvalue weighted by Crippen LogP contribution is -2.28. The number of hydrogen-bond acceptors (Lipinski definition) is 3. The van der Waals surface area contributed by atoms with Crippen LogP contribution < -0.4 is 5.32 Å². The molecule has 6 heteroatoms. The van der Waals surface area contributed by atoms with Gasteiger partial charge in [0.2, 0.25) is 0 Å². The van der Waals surface area contributed by atoms with Gasteiger partial charge in [-0.05, 0) is 18.3 Å². The van der Waals surface area contributed by atoms with E-state index in [-0.39, 0.29) is 17.7 Å². The van der Waals surface area contributed by atoms with E-state index in [2.05, 4.69) is 10.4 Å². The van der Waals surface area contributed by atoms with Gasteiger partial charge in [-0.25, -0.2) is 0 Å². The second-order valence-corrected chi connectivity index (χ2v) is 5.47. The number of carbonyl (C=O) groups is 2. The maximum absolute atomic E-state index is 11.8. The fourth-order valence-corrected chi connectivity index (χ4v) is 1.73. The van der Waals surface area contributed by atoms with Gasteiger partial charge in [0.25, 0.3) is 5.91 Å². The third-order valence-corrected chi connectivity index (χ3v) is 3.07. The molecule has 2 N–H and O–H groups in total. The number of rotatable bonds is 7. The van der Waals surface area contributed by atoms with Crippen molar-refractivity contribution in [3.05, 3.63) is 18.0 Å². The monoisotopic (exact) mass is 267 g/mol. The van der Waals surface area contributed by atoms with Crippen LogP contribution in [0.4, 0.5) is 0 Å². The summed E-state index contributed by atoms with van der Waals surface area (Å²) in [4.78, 5) is 22.3. The average Bonchev–Trinajstić information content (AvgIpc) is 2.73. The molecule has 0 spiro atoms. The molecule has 0 aromatic carbocycles. The summed E-state index contributed by atoms with van der Waals surface area (Å²) in [5, 5.41) is 15.4. The van der Waals surface area contributed by atoms with Crippen LogP contribution in [0.1, 0.15) is 43.5 Å². The molecule has 106 valence electrons. The predicted molar refractivity (Wildman–Crippen MR) is 70.8 cm³/mol. The van der Waals surface area contributed by atoms with E-state index in [0.717, 1.165) is 6.42 Å². The summed E-state index contributed by atoms with van der Waals surface area (Å²) in [5.74, 6) is -0.936. The van der Waals surface area contributed by atoms with E-state index < -0.39 is 5.97 Å². The molecule has 0 saturated heterocycles. The van der Waals surface area contributed by atoms with Gasteiger partial charge in [0.1, 0.15) is 0 Å². The normalized spacial score (nSPS) is 11.3. The molecule has 1 heterocycles. The lowest BCUT2D eigenvalue weighted by molar-refractivity contribution is -0.137. The first-order chi connectivity index (χ1) is 8.80. The molecule has 1 aromatic heterocycles. The van der Waals surface area contributed by atoms with Crippen LogP contribution in [-0.4, -0.2) is 33.3 Å². The van der Waals surface area contributed by atoms with Crippen LogP contribution in [0.5, 0.6) is 0 Å². The Hall–Kier alpha value is -1.85. The zero-order valence-corrected chi connectivity index (χ0v) is 11.6. The highest BCUT2D eigenvalue weighted by Gasteiger charge is 2.19. The summed E-state index contributed by atoms with van der Waals surface area (Å²) in [6.45, 7) is 4.54. The number of carboxylic acids is 1. The third-order valence-electron chi connectivity index (χ3n) is 3.07. The molecule has 0 saturated carbocycles. The van der Waals surface area contributed by atoms with E-state index in [1.165, 1.54) is 6.20 Å². The number of aryl methyl sites for hydroxylation is 1. The summed E-state index contributed by atoms with van der Waals surface area (Å²) in [7, 11) is 1.76. The molecule has 0 unspecified atom stereocenters. The van der Waals surface area contributed by atoms with Gasteiger partial charge in [0.05, 0.1) is 11.8 Å². The average molecular weight is 267 g/mol. The first-order valence-electron chi connectivity index (χ1n) is 6.29. The summed E-state index contributed by atoms with van der Waals surface area (Å²) < 4.78 is 1.58. The summed E-state index contributed by atoms with van der Waals surface area (Å²) in [6, 6.07) is 0. The SMILES string of the molecule is Cn1cc(C(=O)NCCC(C)(C)CCC(=O)O)cn1. The summed E-state index contributed by atoms with van der Waals surface area (Å²) in [6.07, 6.45) is 4.68. The molecule has 0 bridgehead atoms. The van der Waals surface area contributed by atoms with Crippen molar-refractivity contribution in [2.24, 2.45) is 12.5 Å². The molecule has 19 heavy (non-hydrogen) atoms. The number of carbonyl (C=O) groups excluding carboxylic acids is 1. The smallest absolute Gasteiger partial charge is 0.303 e. The highest BCUT2D eigenvalue weighted by molar-refractivity contribution is 5.93. The second kappa shape index (κ2) is 6.36. The minimum Gasteiger partial charge on any atom is -0.481 e. The Kier molecular flexibility index (Phi) is 5.09. The zero-order chi connectivity index (χ0) is 14.5. The van der Waals surface area contributed by atoms with Crippen LogP contribution in [0.15, 0.2) is 12.4 Å². The highest BCUT2D eigenvalue weighted by Crippen LogP contribution is 2.25. The van der Waals surface area contributed by atoms with E-state index in [9.17, 15) is 9.59 Å². The fourth-order valence-electron chi connectivity index (χ4n) is 1.73. The van der Waals surface area contributed by atoms with Crippen molar-refractivity contribution in [2.45, 2.75) is 33.1 Å². The van der Waals surface area contributed by atoms with Crippen LogP contribution in [0, 0.1) is 5.41 Å². The molecule has 0 fully saturated rings. The molecule has 6 nitrogen and oxygen atoms in total. The Morgan fingerprint density at radius 2 is 2.11 bits per heavy atom. The van der Waals surface area contributed by atoms with Gasteiger partial charge >= 0.3 is 5.97 Å². The molecule has 0 aliphatic heterocycles. The van der Waals surface area contributed by atoms with Gasteiger partial charge < -0.3 is 10.4 Å². The molecule has 0 aliphatic carbocycles. The number of amides is 1. The zero-order valence-electron chi connectivity index (χ0n) is 11.6. The Morgan fingerprint density at radius 1 is 1.42 bits per heavy atom. The maximum Gasteiger partial charge on any atom is 0.303 e. The Bertz CT molecular complexity index is 452. The van der Waals surface area contributed by atoms with Crippen LogP contribution in [0.25, 0.3) is 0 Å². The van der Waals surface area contributed by atoms with Gasteiger partial charge in [0, 0.05) is 26.2 Å². The van der Waals surface area contributed by atoms with Crippen molar-refractivity contribution in [1.29, 1.82) is 0 Å². The topological polar surface area (TPSA) is 84.2 Å². The summed E-state index contributed by atoms with van der Waals surface area (Å²) in [5.41, 5.74) is 0.437. The Balaban J connectivity index is 2.33. The van der Waals surface area contributed by atoms with Gasteiger partial charge in [-0.2, -0.15) is 5.10 Å². The van der Waals surface area contributed by atoms with E-state index in [4.69, 9.17) is 5.11 Å². The van der Waals surface area contributed by atoms with Crippen molar-refractivity contribution in [3.8, 4) is 0 Å². The molecule has 1 amide bonds. The molecule has 1 aromatic rings. The minimum atomic E-state index is -0.785. The van der Waals surface area contributed by atoms with Crippen molar-refractivity contribution in [1.82, 2.24) is 15.1 Å². The fraction of sp³-hybridized carbons (Fsp3) is 0.615. The third kappa shape index (κ3) is 5.54. The van der Waals surface area contributed by atoms with Crippen molar-refractivity contribution >= 4 is 11.9 Å². The first-order valence-corrected chi connectivity index (χ1v) is 6.29. The predicted octanol–water partition coefficient (Wildman–Crippen LogP) is 1.43. The van der Waals surface area contributed by atoms with Crippen LogP contribution in [0.3, 0.4) is 0 Å². The Labute approximate surface area is 112 Å². The number of nitrogens with zero attached hydrogens (tertiary/aromatic N) is 2. The van der Waals surface area contributed by atoms with Crippen molar-refractivity contribution < 1.29 is 14.7 Å². The van der Waals surface area contributed by atoms with E-state index >= 15 is 0 Å². The molecular formula is C13H21N3O3. The largest absolute Gasteiger partial charge is 0.481 e. The lowest BCUT2D eigenvalue weighted by atomic mass is 9.84. The van der Waals surface area contributed by atoms with E-state index in [1.807, 2.05) is 13.8 Å². The number of hydrogen-bond donors (Lipinski definition) is 2. The van der Waals surface area contributed by atoms with E-state index in [0.29, 0.717) is 18.5 Å². The van der Waals surface area contributed by atoms with Gasteiger partial charge in [-0.3, -0.25) is 14.3 Å². The minimum absolute atomic E-state index is 0.0966. The molecule has 0 radical (unpaired) electrons. The maximum atomic E-state index is 11.8. The molecule has 0 aliphatic rings. The number of carboxylic acid groups (broad SMARTS) is 1. The number of nitrogens with one attached hydrogen (secondary N) is 1. The molecule has 0 atom stereocenters. The van der Waals surface area contributed by atoms with Crippen LogP contribution in [-0.2, 0) is 11.8 Å². The standard InChI is InChI=1S/C13H21N3O3/c1-13(2,5-4-11(17)18)6-7-14-12(19)10-8-15-16(3)9-10/h8-9H,4-7H2,1-3H3,(H,14,19)(H,17,18). The molecular weight excluding hydrogens is 246 g/mol. The van der Waals surface area contributed by atoms with E-state index in [1.54, 1.807) is 17.9 Å². The van der Waals surface area contributed by atoms with Crippen molar-refractivity contribution in [3.63, 3.8) is 0 Å². The van der Waals surface area contributed by atoms with Gasteiger partial charge in [0.15, 0.2) is 0 Å². The quantitative estimate of drug-likeness (QED) is 0.782. The summed E-state index contributed by atoms with van der Waals surface area (Å²) >= 11 is 0. The van der Waals surface area contributed by atoms with Crippen LogP contribution >= 0.6 is 0 Å². The van der Waals surface area contributed by atoms with Crippen LogP contribution in [0.2, 0.25) is 0 Å². The second-order valence-electron chi connectivity index (χ2n) is 5.47. The number of aliphatic carboxylic acids is 1. The Morgan fingerprint density at radius 3 is 2.63 bits per heavy atom. The molecule has 1 rings (SSSR count). The highest BCUT2D eigenvalue weighted by atomic mass is 16.4. The van der Waals surface area contributed by atoms with Gasteiger partial charge in [-0.15, -0.1) is 0 Å². The lowest BCUT2D eigenvalue weighted by Gasteiger charge is -2.23. The van der Waals surface area contributed by atoms with Crippen molar-refractivity contribution in [2.75, 3.05) is 6.54 Å². The van der Waals surface area contributed by atoms with Gasteiger partial charge in [-0.1, -0.05) is 13.8 Å².